The Morgan fingerprint density at radius 2 is 1.54 bits per heavy atom. The average Bonchev–Trinajstić information content (AvgIpc) is 2.93. The molecule has 0 fully saturated rings. The van der Waals surface area contributed by atoms with Crippen LogP contribution in [0.3, 0.4) is 0 Å². The van der Waals surface area contributed by atoms with Crippen molar-refractivity contribution >= 4 is 60.5 Å². The number of rotatable bonds is 4. The van der Waals surface area contributed by atoms with Crippen molar-refractivity contribution in [2.45, 2.75) is 11.8 Å². The second kappa shape index (κ2) is 10.1. The van der Waals surface area contributed by atoms with Crippen LogP contribution < -0.4 is 27.7 Å². The number of aromatic nitrogens is 1. The molecule has 41 heavy (non-hydrogen) atoms. The summed E-state index contributed by atoms with van der Waals surface area (Å²) in [5.41, 5.74) is 0.376. The van der Waals surface area contributed by atoms with Gasteiger partial charge in [-0.3, -0.25) is 14.1 Å². The van der Waals surface area contributed by atoms with Gasteiger partial charge in [0.15, 0.2) is 5.43 Å². The van der Waals surface area contributed by atoms with E-state index in [2.05, 4.69) is 10.3 Å². The summed E-state index contributed by atoms with van der Waals surface area (Å²) in [5, 5.41) is 15.9. The first kappa shape index (κ1) is 27.9. The van der Waals surface area contributed by atoms with Crippen molar-refractivity contribution in [1.82, 2.24) is 11.1 Å². The van der Waals surface area contributed by atoms with Crippen molar-refractivity contribution in [1.29, 1.82) is 0 Å². The van der Waals surface area contributed by atoms with Crippen molar-refractivity contribution in [2.24, 2.45) is 0 Å². The molecule has 206 valence electrons. The maximum atomic E-state index is 14.0. The maximum Gasteiger partial charge on any atom is 0.296 e. The zero-order valence-electron chi connectivity index (χ0n) is 21.5. The molecule has 1 heterocycles. The predicted molar refractivity (Wildman–Crippen MR) is 159 cm³/mol. The van der Waals surface area contributed by atoms with Crippen molar-refractivity contribution < 1.29 is 18.1 Å². The van der Waals surface area contributed by atoms with E-state index < -0.39 is 20.6 Å². The lowest BCUT2D eigenvalue weighted by Gasteiger charge is -2.16. The Labute approximate surface area is 237 Å². The van der Waals surface area contributed by atoms with E-state index in [0.717, 1.165) is 6.07 Å². The van der Waals surface area contributed by atoms with Crippen LogP contribution in [0.15, 0.2) is 93.3 Å². The molecule has 1 aliphatic carbocycles. The minimum Gasteiger partial charge on any atom is -0.506 e. The van der Waals surface area contributed by atoms with E-state index in [1.807, 2.05) is 0 Å². The molecule has 0 unspecified atom stereocenters. The zero-order valence-corrected chi connectivity index (χ0v) is 23.0. The normalized spacial score (nSPS) is 12.5. The summed E-state index contributed by atoms with van der Waals surface area (Å²) in [6.07, 6.45) is 0. The van der Waals surface area contributed by atoms with Crippen LogP contribution in [0.5, 0.6) is 0 Å². The smallest absolute Gasteiger partial charge is 0.296 e. The standard InChI is InChI=1S/C30H19ClN2O6S.H3N/c1-15-13-21(32-20-12-11-17(31)14-22(20)40(37,38)39)24-25-23(18-9-5-6-10-19(18)29(24)35)26(30(36)33-27(15)25)28(34)16-7-3-2-4-8-16;/h2-14,32,34H,1H3,(H,37,38,39);1H3/b28-26-;. The SMILES string of the molecule is Cc1cc(Nc2ccc(Cl)cc2S(=O)(=O)O)c2c3c1nc(=O)/c(=C(\O)c1ccccc1)c=3c1ccccc1c2=O.N. The third-order valence-corrected chi connectivity index (χ3v) is 7.99. The fraction of sp³-hybridized carbons (Fsp3) is 0.0333. The van der Waals surface area contributed by atoms with Crippen molar-refractivity contribution in [3.05, 3.63) is 131 Å². The summed E-state index contributed by atoms with van der Waals surface area (Å²) in [6, 6.07) is 20.8. The van der Waals surface area contributed by atoms with Crippen molar-refractivity contribution in [2.75, 3.05) is 5.32 Å². The van der Waals surface area contributed by atoms with Gasteiger partial charge in [0.1, 0.15) is 10.7 Å². The summed E-state index contributed by atoms with van der Waals surface area (Å²) in [6.45, 7) is 1.71. The van der Waals surface area contributed by atoms with E-state index in [1.165, 1.54) is 12.1 Å². The van der Waals surface area contributed by atoms with Crippen LogP contribution in [0.1, 0.15) is 11.1 Å². The van der Waals surface area contributed by atoms with Crippen molar-refractivity contribution in [3.63, 3.8) is 0 Å². The van der Waals surface area contributed by atoms with Gasteiger partial charge in [0.05, 0.1) is 27.5 Å². The minimum absolute atomic E-state index is 0. The Kier molecular flexibility index (Phi) is 6.88. The predicted octanol–water partition coefficient (Wildman–Crippen LogP) is 4.82. The molecule has 2 aliphatic rings. The Balaban J connectivity index is 0.00000337. The van der Waals surface area contributed by atoms with E-state index in [4.69, 9.17) is 11.6 Å². The maximum absolute atomic E-state index is 14.0. The first-order chi connectivity index (χ1) is 19.1. The van der Waals surface area contributed by atoms with Gasteiger partial charge in [0.25, 0.3) is 15.7 Å². The number of benzene rings is 4. The third-order valence-electron chi connectivity index (χ3n) is 6.86. The summed E-state index contributed by atoms with van der Waals surface area (Å²) >= 11 is 5.99. The molecule has 0 saturated carbocycles. The molecule has 4 aromatic carbocycles. The third kappa shape index (κ3) is 4.52. The van der Waals surface area contributed by atoms with Crippen molar-refractivity contribution in [3.8, 4) is 0 Å². The van der Waals surface area contributed by atoms with E-state index >= 15 is 0 Å². The molecule has 9 nitrogen and oxygen atoms in total. The molecular weight excluding hydrogens is 566 g/mol. The minimum atomic E-state index is -4.68. The summed E-state index contributed by atoms with van der Waals surface area (Å²) in [5.74, 6) is -0.285. The van der Waals surface area contributed by atoms with Crippen LogP contribution >= 0.6 is 11.6 Å². The average molecular weight is 588 g/mol. The number of aliphatic hydroxyl groups is 1. The van der Waals surface area contributed by atoms with Crippen LogP contribution in [-0.4, -0.2) is 23.1 Å². The second-order valence-corrected chi connectivity index (χ2v) is 11.2. The number of nitrogens with one attached hydrogen (secondary N) is 1. The van der Waals surface area contributed by atoms with Gasteiger partial charge in [0, 0.05) is 26.4 Å². The fourth-order valence-electron chi connectivity index (χ4n) is 5.14. The highest BCUT2D eigenvalue weighted by Gasteiger charge is 2.22. The van der Waals surface area contributed by atoms with Gasteiger partial charge >= 0.3 is 0 Å². The lowest BCUT2D eigenvalue weighted by molar-refractivity contribution is 0.483. The molecule has 0 bridgehead atoms. The van der Waals surface area contributed by atoms with Gasteiger partial charge in [-0.25, -0.2) is 4.98 Å². The van der Waals surface area contributed by atoms with Gasteiger partial charge in [-0.2, -0.15) is 8.42 Å². The van der Waals surface area contributed by atoms with Crippen LogP contribution in [0.25, 0.3) is 27.4 Å². The van der Waals surface area contributed by atoms with E-state index in [9.17, 15) is 27.7 Å². The molecule has 0 aromatic heterocycles. The lowest BCUT2D eigenvalue weighted by Crippen LogP contribution is -2.33. The quantitative estimate of drug-likeness (QED) is 0.211. The Morgan fingerprint density at radius 1 is 0.878 bits per heavy atom. The van der Waals surface area contributed by atoms with E-state index in [1.54, 1.807) is 67.6 Å². The first-order valence-corrected chi connectivity index (χ1v) is 13.9. The molecule has 4 aromatic rings. The number of nitrogens with zero attached hydrogens (tertiary/aromatic N) is 1. The van der Waals surface area contributed by atoms with Gasteiger partial charge < -0.3 is 16.6 Å². The fourth-order valence-corrected chi connectivity index (χ4v) is 6.05. The van der Waals surface area contributed by atoms with Crippen LogP contribution in [0.4, 0.5) is 11.4 Å². The summed E-state index contributed by atoms with van der Waals surface area (Å²) < 4.78 is 34.1. The second-order valence-electron chi connectivity index (χ2n) is 9.34. The Hall–Kier alpha value is -4.61. The van der Waals surface area contributed by atoms with E-state index in [-0.39, 0.29) is 49.9 Å². The lowest BCUT2D eigenvalue weighted by atomic mass is 9.95. The van der Waals surface area contributed by atoms with Gasteiger partial charge in [0.2, 0.25) is 0 Å². The van der Waals surface area contributed by atoms with Gasteiger partial charge in [-0.1, -0.05) is 66.2 Å². The largest absolute Gasteiger partial charge is 0.506 e. The van der Waals surface area contributed by atoms with Crippen LogP contribution in [0, 0.1) is 17.4 Å². The zero-order chi connectivity index (χ0) is 28.3. The molecule has 1 aliphatic heterocycles. The highest BCUT2D eigenvalue weighted by molar-refractivity contribution is 7.86. The van der Waals surface area contributed by atoms with Gasteiger partial charge in [-0.15, -0.1) is 0 Å². The number of anilines is 2. The van der Waals surface area contributed by atoms with E-state index in [0.29, 0.717) is 32.3 Å². The molecule has 0 spiro atoms. The summed E-state index contributed by atoms with van der Waals surface area (Å²) in [7, 11) is -4.68. The number of hydrogen-bond donors (Lipinski definition) is 4. The first-order valence-electron chi connectivity index (χ1n) is 12.0. The molecule has 6 rings (SSSR count). The highest BCUT2D eigenvalue weighted by Crippen LogP contribution is 2.32. The van der Waals surface area contributed by atoms with Crippen LogP contribution in [0.2, 0.25) is 5.02 Å². The summed E-state index contributed by atoms with van der Waals surface area (Å²) in [4.78, 5) is 31.3. The number of halogens is 1. The Bertz CT molecular complexity index is 2350. The topological polar surface area (TPSA) is 169 Å². The van der Waals surface area contributed by atoms with Crippen LogP contribution in [-0.2, 0) is 10.1 Å². The molecule has 0 saturated heterocycles. The molecule has 0 amide bonds. The number of aliphatic hydroxyl groups excluding tert-OH is 1. The number of hydrogen-bond acceptors (Lipinski definition) is 8. The molecule has 6 N–H and O–H groups in total. The molecule has 11 heteroatoms. The highest BCUT2D eigenvalue weighted by atomic mass is 35.5. The van der Waals surface area contributed by atoms with Gasteiger partial charge in [-0.05, 0) is 42.1 Å². The Morgan fingerprint density at radius 3 is 2.22 bits per heavy atom. The monoisotopic (exact) mass is 587 g/mol. The molecule has 0 radical (unpaired) electrons. The number of fused-ring (bicyclic) bond motifs is 2. The molecular formula is C30H22ClN3O6S. The molecule has 0 atom stereocenters. The number of aryl methyl sites for hydroxylation is 1.